The lowest BCUT2D eigenvalue weighted by Crippen LogP contribution is -1.96. The molecule has 0 amide bonds. The summed E-state index contributed by atoms with van der Waals surface area (Å²) < 4.78 is 6.39. The summed E-state index contributed by atoms with van der Waals surface area (Å²) in [5.41, 5.74) is 0.491. The third-order valence-electron chi connectivity index (χ3n) is 2.11. The molecule has 0 aliphatic heterocycles. The van der Waals surface area contributed by atoms with Gasteiger partial charge in [-0.25, -0.2) is 9.48 Å². The van der Waals surface area contributed by atoms with Gasteiger partial charge in [-0.05, 0) is 12.1 Å². The standard InChI is InChI=1S/C10H8ClN3O3/c1-17-9-4-6(2-3-7(9)11)14-5-8(10(15)16)12-13-14/h2-5H,1H3,(H,15,16). The van der Waals surface area contributed by atoms with Crippen molar-refractivity contribution >= 4 is 17.6 Å². The molecule has 0 saturated heterocycles. The molecule has 1 aromatic carbocycles. The van der Waals surface area contributed by atoms with Gasteiger partial charge in [-0.3, -0.25) is 0 Å². The predicted molar refractivity (Wildman–Crippen MR) is 59.9 cm³/mol. The van der Waals surface area contributed by atoms with Gasteiger partial charge in [0.2, 0.25) is 0 Å². The molecular weight excluding hydrogens is 246 g/mol. The summed E-state index contributed by atoms with van der Waals surface area (Å²) in [5.74, 6) is -0.645. The molecule has 0 saturated carbocycles. The SMILES string of the molecule is COc1cc(-n2cc(C(=O)O)nn2)ccc1Cl. The molecule has 88 valence electrons. The number of hydrogen-bond donors (Lipinski definition) is 1. The molecule has 1 heterocycles. The van der Waals surface area contributed by atoms with Crippen molar-refractivity contribution in [2.24, 2.45) is 0 Å². The Balaban J connectivity index is 2.42. The molecule has 2 rings (SSSR count). The van der Waals surface area contributed by atoms with E-state index in [2.05, 4.69) is 10.3 Å². The Morgan fingerprint density at radius 2 is 2.29 bits per heavy atom. The number of halogens is 1. The smallest absolute Gasteiger partial charge is 0.358 e. The number of carbonyl (C=O) groups is 1. The quantitative estimate of drug-likeness (QED) is 0.900. The number of ether oxygens (including phenoxy) is 1. The van der Waals surface area contributed by atoms with E-state index in [4.69, 9.17) is 21.4 Å². The predicted octanol–water partition coefficient (Wildman–Crippen LogP) is 1.63. The van der Waals surface area contributed by atoms with Crippen LogP contribution in [0, 0.1) is 0 Å². The fourth-order valence-corrected chi connectivity index (χ4v) is 1.47. The molecule has 0 aliphatic rings. The Labute approximate surface area is 101 Å². The number of carboxylic acids is 1. The van der Waals surface area contributed by atoms with Gasteiger partial charge in [0.1, 0.15) is 5.75 Å². The zero-order valence-corrected chi connectivity index (χ0v) is 9.55. The van der Waals surface area contributed by atoms with Crippen LogP contribution in [-0.2, 0) is 0 Å². The minimum atomic E-state index is -1.13. The molecule has 17 heavy (non-hydrogen) atoms. The van der Waals surface area contributed by atoms with Crippen LogP contribution in [-0.4, -0.2) is 33.2 Å². The topological polar surface area (TPSA) is 77.2 Å². The van der Waals surface area contributed by atoms with Gasteiger partial charge in [0.05, 0.1) is 24.0 Å². The fourth-order valence-electron chi connectivity index (χ4n) is 1.28. The number of aromatic carboxylic acids is 1. The first-order chi connectivity index (χ1) is 8.11. The zero-order valence-electron chi connectivity index (χ0n) is 8.79. The highest BCUT2D eigenvalue weighted by atomic mass is 35.5. The molecule has 0 fully saturated rings. The van der Waals surface area contributed by atoms with Crippen LogP contribution in [0.1, 0.15) is 10.5 Å². The van der Waals surface area contributed by atoms with Crippen LogP contribution in [0.15, 0.2) is 24.4 Å². The summed E-state index contributed by atoms with van der Waals surface area (Å²) in [6.07, 6.45) is 1.31. The van der Waals surface area contributed by atoms with E-state index in [1.807, 2.05) is 0 Å². The molecule has 0 spiro atoms. The second-order valence-corrected chi connectivity index (χ2v) is 3.58. The molecule has 2 aromatic rings. The highest BCUT2D eigenvalue weighted by Gasteiger charge is 2.10. The van der Waals surface area contributed by atoms with Crippen LogP contribution in [0.4, 0.5) is 0 Å². The van der Waals surface area contributed by atoms with Crippen LogP contribution in [0.2, 0.25) is 5.02 Å². The molecule has 0 bridgehead atoms. The van der Waals surface area contributed by atoms with E-state index in [1.165, 1.54) is 18.0 Å². The van der Waals surface area contributed by atoms with Gasteiger partial charge in [0, 0.05) is 6.07 Å². The molecular formula is C10H8ClN3O3. The van der Waals surface area contributed by atoms with E-state index in [0.717, 1.165) is 0 Å². The largest absolute Gasteiger partial charge is 0.495 e. The summed E-state index contributed by atoms with van der Waals surface area (Å²) in [6.45, 7) is 0. The number of nitrogens with zero attached hydrogens (tertiary/aromatic N) is 3. The van der Waals surface area contributed by atoms with Crippen molar-refractivity contribution in [3.8, 4) is 11.4 Å². The van der Waals surface area contributed by atoms with E-state index in [-0.39, 0.29) is 5.69 Å². The van der Waals surface area contributed by atoms with E-state index in [9.17, 15) is 4.79 Å². The lowest BCUT2D eigenvalue weighted by atomic mass is 10.3. The Hall–Kier alpha value is -2.08. The average molecular weight is 254 g/mol. The maximum atomic E-state index is 10.7. The summed E-state index contributed by atoms with van der Waals surface area (Å²) in [6, 6.07) is 4.96. The maximum absolute atomic E-state index is 10.7. The van der Waals surface area contributed by atoms with Crippen molar-refractivity contribution in [3.63, 3.8) is 0 Å². The first kappa shape index (κ1) is 11.4. The summed E-state index contributed by atoms with van der Waals surface area (Å²) in [5, 5.41) is 16.4. The molecule has 1 aromatic heterocycles. The minimum absolute atomic E-state index is 0.126. The fraction of sp³-hybridized carbons (Fsp3) is 0.100. The van der Waals surface area contributed by atoms with Gasteiger partial charge in [-0.15, -0.1) is 5.10 Å². The van der Waals surface area contributed by atoms with E-state index in [0.29, 0.717) is 16.5 Å². The number of aromatic nitrogens is 3. The monoisotopic (exact) mass is 253 g/mol. The third kappa shape index (κ3) is 2.21. The van der Waals surface area contributed by atoms with Crippen molar-refractivity contribution in [2.45, 2.75) is 0 Å². The molecule has 0 unspecified atom stereocenters. The van der Waals surface area contributed by atoms with Gasteiger partial charge in [-0.1, -0.05) is 16.8 Å². The van der Waals surface area contributed by atoms with Crippen molar-refractivity contribution in [3.05, 3.63) is 35.1 Å². The van der Waals surface area contributed by atoms with Crippen LogP contribution in [0.25, 0.3) is 5.69 Å². The maximum Gasteiger partial charge on any atom is 0.358 e. The zero-order chi connectivity index (χ0) is 12.4. The van der Waals surface area contributed by atoms with E-state index >= 15 is 0 Å². The van der Waals surface area contributed by atoms with Crippen molar-refractivity contribution in [1.82, 2.24) is 15.0 Å². The highest BCUT2D eigenvalue weighted by Crippen LogP contribution is 2.26. The van der Waals surface area contributed by atoms with E-state index in [1.54, 1.807) is 18.2 Å². The molecule has 0 atom stereocenters. The molecule has 1 N–H and O–H groups in total. The highest BCUT2D eigenvalue weighted by molar-refractivity contribution is 6.32. The summed E-state index contributed by atoms with van der Waals surface area (Å²) in [7, 11) is 1.50. The number of methoxy groups -OCH3 is 1. The van der Waals surface area contributed by atoms with Gasteiger partial charge in [0.15, 0.2) is 5.69 Å². The lowest BCUT2D eigenvalue weighted by Gasteiger charge is -2.05. The molecule has 6 nitrogen and oxygen atoms in total. The number of hydrogen-bond acceptors (Lipinski definition) is 4. The van der Waals surface area contributed by atoms with Gasteiger partial charge in [0.25, 0.3) is 0 Å². The Morgan fingerprint density at radius 1 is 1.53 bits per heavy atom. The molecule has 0 radical (unpaired) electrons. The third-order valence-corrected chi connectivity index (χ3v) is 2.42. The number of benzene rings is 1. The summed E-state index contributed by atoms with van der Waals surface area (Å²) >= 11 is 5.88. The lowest BCUT2D eigenvalue weighted by molar-refractivity contribution is 0.0690. The van der Waals surface area contributed by atoms with Crippen molar-refractivity contribution in [2.75, 3.05) is 7.11 Å². The first-order valence-corrected chi connectivity index (χ1v) is 4.99. The molecule has 0 aliphatic carbocycles. The van der Waals surface area contributed by atoms with Gasteiger partial charge >= 0.3 is 5.97 Å². The Morgan fingerprint density at radius 3 is 2.88 bits per heavy atom. The van der Waals surface area contributed by atoms with Crippen molar-refractivity contribution < 1.29 is 14.6 Å². The second-order valence-electron chi connectivity index (χ2n) is 3.17. The van der Waals surface area contributed by atoms with Gasteiger partial charge in [-0.2, -0.15) is 0 Å². The minimum Gasteiger partial charge on any atom is -0.495 e. The van der Waals surface area contributed by atoms with Crippen LogP contribution < -0.4 is 4.74 Å². The number of rotatable bonds is 3. The van der Waals surface area contributed by atoms with Crippen LogP contribution >= 0.6 is 11.6 Å². The Kier molecular flexibility index (Phi) is 2.97. The normalized spacial score (nSPS) is 10.2. The van der Waals surface area contributed by atoms with Crippen LogP contribution in [0.3, 0.4) is 0 Å². The number of carboxylic acid groups (broad SMARTS) is 1. The average Bonchev–Trinajstić information content (AvgIpc) is 2.79. The van der Waals surface area contributed by atoms with E-state index < -0.39 is 5.97 Å². The molecule has 7 heteroatoms. The Bertz CT molecular complexity index is 568. The second kappa shape index (κ2) is 4.42. The van der Waals surface area contributed by atoms with Crippen LogP contribution in [0.5, 0.6) is 5.75 Å². The first-order valence-electron chi connectivity index (χ1n) is 4.61. The summed E-state index contributed by atoms with van der Waals surface area (Å²) in [4.78, 5) is 10.7. The van der Waals surface area contributed by atoms with Gasteiger partial charge < -0.3 is 9.84 Å². The van der Waals surface area contributed by atoms with Crippen molar-refractivity contribution in [1.29, 1.82) is 0 Å².